The van der Waals surface area contributed by atoms with Crippen molar-refractivity contribution in [1.29, 1.82) is 0 Å². The molecule has 1 aliphatic rings. The number of carbonyl (C=O) groups excluding carboxylic acids is 1. The Balaban J connectivity index is 1.65. The molecule has 1 fully saturated rings. The van der Waals surface area contributed by atoms with Crippen LogP contribution in [0.4, 0.5) is 0 Å². The van der Waals surface area contributed by atoms with Gasteiger partial charge in [-0.3, -0.25) is 13.9 Å². The lowest BCUT2D eigenvalue weighted by Gasteiger charge is -2.16. The number of rotatable bonds is 2. The highest BCUT2D eigenvalue weighted by molar-refractivity contribution is 7.13. The summed E-state index contributed by atoms with van der Waals surface area (Å²) >= 11 is 1.51. The number of likely N-dealkylation sites (tertiary alicyclic amines) is 1. The van der Waals surface area contributed by atoms with E-state index in [4.69, 9.17) is 0 Å². The molecule has 124 valence electrons. The first kappa shape index (κ1) is 15.1. The van der Waals surface area contributed by atoms with Gasteiger partial charge in [0.25, 0.3) is 5.91 Å². The highest BCUT2D eigenvalue weighted by Crippen LogP contribution is 2.26. The summed E-state index contributed by atoms with van der Waals surface area (Å²) in [6.45, 7) is 3.16. The summed E-state index contributed by atoms with van der Waals surface area (Å²) in [6.07, 6.45) is 3.84. The predicted octanol–water partition coefficient (Wildman–Crippen LogP) is 1.59. The second-order valence-electron chi connectivity index (χ2n) is 6.05. The average molecular weight is 343 g/mol. The Labute approximate surface area is 142 Å². The number of hydrogen-bond acceptors (Lipinski definition) is 5. The first-order valence-electron chi connectivity index (χ1n) is 7.79. The SMILES string of the molecule is Cc1ccc(C(=O)N2CCC(n3c(=O)n(C)c4cncnc43)C2)s1. The molecule has 0 bridgehead atoms. The van der Waals surface area contributed by atoms with Crippen LogP contribution in [0.3, 0.4) is 0 Å². The number of aryl methyl sites for hydroxylation is 2. The molecule has 1 unspecified atom stereocenters. The largest absolute Gasteiger partial charge is 0.336 e. The van der Waals surface area contributed by atoms with Crippen LogP contribution in [0.5, 0.6) is 0 Å². The summed E-state index contributed by atoms with van der Waals surface area (Å²) in [7, 11) is 1.72. The molecular weight excluding hydrogens is 326 g/mol. The van der Waals surface area contributed by atoms with Gasteiger partial charge in [-0.25, -0.2) is 14.8 Å². The number of hydrogen-bond donors (Lipinski definition) is 0. The van der Waals surface area contributed by atoms with Gasteiger partial charge in [-0.2, -0.15) is 0 Å². The lowest BCUT2D eigenvalue weighted by molar-refractivity contribution is 0.0792. The van der Waals surface area contributed by atoms with Crippen molar-refractivity contribution in [1.82, 2.24) is 24.0 Å². The number of aromatic nitrogens is 4. The molecule has 0 spiro atoms. The van der Waals surface area contributed by atoms with E-state index in [0.717, 1.165) is 16.2 Å². The summed E-state index contributed by atoms with van der Waals surface area (Å²) in [6, 6.07) is 3.77. The monoisotopic (exact) mass is 343 g/mol. The molecule has 4 heterocycles. The molecule has 0 saturated carbocycles. The number of thiophene rings is 1. The third-order valence-electron chi connectivity index (χ3n) is 4.52. The minimum Gasteiger partial charge on any atom is -0.336 e. The van der Waals surface area contributed by atoms with Gasteiger partial charge in [-0.1, -0.05) is 0 Å². The molecule has 4 rings (SSSR count). The molecule has 1 atom stereocenters. The Morgan fingerprint density at radius 1 is 1.38 bits per heavy atom. The van der Waals surface area contributed by atoms with Crippen LogP contribution >= 0.6 is 11.3 Å². The van der Waals surface area contributed by atoms with Gasteiger partial charge in [0, 0.05) is 25.0 Å². The lowest BCUT2D eigenvalue weighted by atomic mass is 10.2. The fourth-order valence-corrected chi connectivity index (χ4v) is 4.10. The maximum atomic E-state index is 12.6. The van der Waals surface area contributed by atoms with Gasteiger partial charge in [0.2, 0.25) is 0 Å². The standard InChI is InChI=1S/C16H17N5O2S/c1-10-3-4-13(24-10)15(22)20-6-5-11(8-20)21-14-12(7-17-9-18-14)19(2)16(21)23/h3-4,7,9,11H,5-6,8H2,1-2H3. The molecule has 3 aromatic rings. The van der Waals surface area contributed by atoms with Crippen molar-refractivity contribution in [2.45, 2.75) is 19.4 Å². The maximum Gasteiger partial charge on any atom is 0.330 e. The van der Waals surface area contributed by atoms with E-state index in [-0.39, 0.29) is 17.6 Å². The first-order valence-corrected chi connectivity index (χ1v) is 8.60. The lowest BCUT2D eigenvalue weighted by Crippen LogP contribution is -2.31. The summed E-state index contributed by atoms with van der Waals surface area (Å²) in [5.41, 5.74) is 1.22. The van der Waals surface area contributed by atoms with Crippen molar-refractivity contribution in [2.75, 3.05) is 13.1 Å². The Morgan fingerprint density at radius 2 is 2.21 bits per heavy atom. The van der Waals surface area contributed by atoms with E-state index in [1.165, 1.54) is 17.7 Å². The molecular formula is C16H17N5O2S. The number of nitrogens with zero attached hydrogens (tertiary/aromatic N) is 5. The van der Waals surface area contributed by atoms with Crippen molar-refractivity contribution in [3.05, 3.63) is 44.9 Å². The van der Waals surface area contributed by atoms with Crippen LogP contribution in [0.2, 0.25) is 0 Å². The maximum absolute atomic E-state index is 12.6. The minimum atomic E-state index is -0.114. The molecule has 1 saturated heterocycles. The van der Waals surface area contributed by atoms with Gasteiger partial charge in [-0.05, 0) is 25.5 Å². The highest BCUT2D eigenvalue weighted by atomic mass is 32.1. The smallest absolute Gasteiger partial charge is 0.330 e. The molecule has 24 heavy (non-hydrogen) atoms. The van der Waals surface area contributed by atoms with E-state index in [0.29, 0.717) is 24.3 Å². The minimum absolute atomic E-state index is 0.0403. The van der Waals surface area contributed by atoms with Gasteiger partial charge in [-0.15, -0.1) is 11.3 Å². The van der Waals surface area contributed by atoms with Crippen LogP contribution in [-0.2, 0) is 7.05 Å². The summed E-state index contributed by atoms with van der Waals surface area (Å²) in [5.74, 6) is 0.0403. The fraction of sp³-hybridized carbons (Fsp3) is 0.375. The third kappa shape index (κ3) is 2.25. The van der Waals surface area contributed by atoms with E-state index in [1.54, 1.807) is 22.4 Å². The summed E-state index contributed by atoms with van der Waals surface area (Å²) in [4.78, 5) is 37.1. The second kappa shape index (κ2) is 5.55. The van der Waals surface area contributed by atoms with Crippen molar-refractivity contribution in [2.24, 2.45) is 7.05 Å². The predicted molar refractivity (Wildman–Crippen MR) is 91.4 cm³/mol. The van der Waals surface area contributed by atoms with Gasteiger partial charge < -0.3 is 4.90 Å². The van der Waals surface area contributed by atoms with Gasteiger partial charge in [0.1, 0.15) is 11.8 Å². The number of carbonyl (C=O) groups is 1. The zero-order valence-corrected chi connectivity index (χ0v) is 14.3. The molecule has 1 amide bonds. The average Bonchev–Trinajstić information content (AvgIpc) is 3.28. The normalized spacial score (nSPS) is 17.8. The first-order chi connectivity index (χ1) is 11.6. The van der Waals surface area contributed by atoms with Crippen molar-refractivity contribution < 1.29 is 4.79 Å². The van der Waals surface area contributed by atoms with Gasteiger partial charge in [0.05, 0.1) is 17.1 Å². The Kier molecular flexibility index (Phi) is 3.49. The van der Waals surface area contributed by atoms with Gasteiger partial charge >= 0.3 is 5.69 Å². The van der Waals surface area contributed by atoms with Crippen LogP contribution in [0.1, 0.15) is 27.0 Å². The van der Waals surface area contributed by atoms with Crippen LogP contribution < -0.4 is 5.69 Å². The van der Waals surface area contributed by atoms with E-state index in [1.807, 2.05) is 24.0 Å². The zero-order chi connectivity index (χ0) is 16.8. The van der Waals surface area contributed by atoms with Crippen LogP contribution in [-0.4, -0.2) is 43.0 Å². The molecule has 1 aliphatic heterocycles. The van der Waals surface area contributed by atoms with E-state index < -0.39 is 0 Å². The van der Waals surface area contributed by atoms with Crippen LogP contribution in [0.15, 0.2) is 29.5 Å². The third-order valence-corrected chi connectivity index (χ3v) is 5.51. The van der Waals surface area contributed by atoms with Gasteiger partial charge in [0.15, 0.2) is 5.65 Å². The zero-order valence-electron chi connectivity index (χ0n) is 13.5. The van der Waals surface area contributed by atoms with E-state index in [2.05, 4.69) is 9.97 Å². The summed E-state index contributed by atoms with van der Waals surface area (Å²) < 4.78 is 3.26. The highest BCUT2D eigenvalue weighted by Gasteiger charge is 2.31. The number of fused-ring (bicyclic) bond motifs is 1. The summed E-state index contributed by atoms with van der Waals surface area (Å²) in [5, 5.41) is 0. The van der Waals surface area contributed by atoms with Crippen LogP contribution in [0, 0.1) is 6.92 Å². The fourth-order valence-electron chi connectivity index (χ4n) is 3.26. The van der Waals surface area contributed by atoms with Crippen molar-refractivity contribution >= 4 is 28.4 Å². The Morgan fingerprint density at radius 3 is 2.96 bits per heavy atom. The Hall–Kier alpha value is -2.48. The second-order valence-corrected chi connectivity index (χ2v) is 7.34. The molecule has 8 heteroatoms. The number of amides is 1. The van der Waals surface area contributed by atoms with E-state index in [9.17, 15) is 9.59 Å². The molecule has 0 aromatic carbocycles. The van der Waals surface area contributed by atoms with Crippen molar-refractivity contribution in [3.63, 3.8) is 0 Å². The van der Waals surface area contributed by atoms with Crippen LogP contribution in [0.25, 0.3) is 11.2 Å². The molecule has 7 nitrogen and oxygen atoms in total. The van der Waals surface area contributed by atoms with Crippen molar-refractivity contribution in [3.8, 4) is 0 Å². The Bertz CT molecular complexity index is 986. The topological polar surface area (TPSA) is 73.0 Å². The van der Waals surface area contributed by atoms with E-state index >= 15 is 0 Å². The molecule has 3 aromatic heterocycles. The molecule has 0 aliphatic carbocycles. The molecule has 0 N–H and O–H groups in total. The number of imidazole rings is 1. The quantitative estimate of drug-likeness (QED) is 0.708. The molecule has 0 radical (unpaired) electrons.